The number of hydrogen-bond acceptors (Lipinski definition) is 5. The minimum atomic E-state index is -0.299. The molecule has 0 bridgehead atoms. The molecule has 8 heteroatoms. The highest BCUT2D eigenvalue weighted by molar-refractivity contribution is 7.17. The number of nitrogens with zero attached hydrogens (tertiary/aromatic N) is 4. The van der Waals surface area contributed by atoms with Crippen LogP contribution in [0.15, 0.2) is 24.3 Å². The number of halogens is 1. The highest BCUT2D eigenvalue weighted by Crippen LogP contribution is 2.30. The molecule has 1 aromatic carbocycles. The summed E-state index contributed by atoms with van der Waals surface area (Å²) < 4.78 is 14.8. The van der Waals surface area contributed by atoms with E-state index in [1.165, 1.54) is 49.2 Å². The maximum atomic E-state index is 13.2. The fraction of sp³-hybridized carbons (Fsp3) is 0.429. The Morgan fingerprint density at radius 2 is 1.83 bits per heavy atom. The van der Waals surface area contributed by atoms with Crippen LogP contribution in [0.2, 0.25) is 0 Å². The molecule has 0 unspecified atom stereocenters. The highest BCUT2D eigenvalue weighted by atomic mass is 32.1. The second kappa shape index (κ2) is 8.41. The van der Waals surface area contributed by atoms with Crippen molar-refractivity contribution in [1.29, 1.82) is 0 Å². The number of aromatic nitrogens is 4. The van der Waals surface area contributed by atoms with E-state index in [-0.39, 0.29) is 17.8 Å². The van der Waals surface area contributed by atoms with Crippen molar-refractivity contribution in [2.45, 2.75) is 58.4 Å². The van der Waals surface area contributed by atoms with Crippen LogP contribution in [0.4, 0.5) is 4.39 Å². The van der Waals surface area contributed by atoms with Gasteiger partial charge in [-0.05, 0) is 51.0 Å². The SMILES string of the molecule is Cc1nc(-c2nnn(-c3ccc(F)cc3)c2C)sc1C(=O)NC1CCCCCC1. The van der Waals surface area contributed by atoms with Crippen molar-refractivity contribution in [3.8, 4) is 16.4 Å². The Morgan fingerprint density at radius 3 is 2.52 bits per heavy atom. The Kier molecular flexibility index (Phi) is 5.71. The number of benzene rings is 1. The summed E-state index contributed by atoms with van der Waals surface area (Å²) in [4.78, 5) is 18.0. The topological polar surface area (TPSA) is 72.7 Å². The molecule has 1 fully saturated rings. The number of amides is 1. The summed E-state index contributed by atoms with van der Waals surface area (Å²) in [7, 11) is 0. The molecule has 0 spiro atoms. The molecule has 1 N–H and O–H groups in total. The third-order valence-electron chi connectivity index (χ3n) is 5.36. The van der Waals surface area contributed by atoms with Gasteiger partial charge in [-0.2, -0.15) is 0 Å². The third-order valence-corrected chi connectivity index (χ3v) is 6.52. The summed E-state index contributed by atoms with van der Waals surface area (Å²) in [5.74, 6) is -0.353. The Balaban J connectivity index is 1.56. The van der Waals surface area contributed by atoms with Crippen LogP contribution in [0, 0.1) is 19.7 Å². The van der Waals surface area contributed by atoms with Gasteiger partial charge in [0.1, 0.15) is 21.4 Å². The highest BCUT2D eigenvalue weighted by Gasteiger charge is 2.23. The lowest BCUT2D eigenvalue weighted by Crippen LogP contribution is -2.34. The van der Waals surface area contributed by atoms with Gasteiger partial charge in [0.25, 0.3) is 5.91 Å². The van der Waals surface area contributed by atoms with Gasteiger partial charge in [-0.1, -0.05) is 30.9 Å². The van der Waals surface area contributed by atoms with Crippen molar-refractivity contribution < 1.29 is 9.18 Å². The van der Waals surface area contributed by atoms with E-state index < -0.39 is 0 Å². The molecule has 0 radical (unpaired) electrons. The van der Waals surface area contributed by atoms with Gasteiger partial charge in [-0.15, -0.1) is 16.4 Å². The summed E-state index contributed by atoms with van der Waals surface area (Å²) in [6, 6.07) is 6.33. The average Bonchev–Trinajstić information content (AvgIpc) is 3.16. The average molecular weight is 414 g/mol. The van der Waals surface area contributed by atoms with Gasteiger partial charge < -0.3 is 5.32 Å². The molecular formula is C21H24FN5OS. The van der Waals surface area contributed by atoms with Gasteiger partial charge in [0, 0.05) is 6.04 Å². The van der Waals surface area contributed by atoms with E-state index >= 15 is 0 Å². The summed E-state index contributed by atoms with van der Waals surface area (Å²) in [5, 5.41) is 12.3. The van der Waals surface area contributed by atoms with Crippen LogP contribution in [-0.4, -0.2) is 31.9 Å². The summed E-state index contributed by atoms with van der Waals surface area (Å²) in [5.41, 5.74) is 2.85. The van der Waals surface area contributed by atoms with Crippen LogP contribution >= 0.6 is 11.3 Å². The predicted molar refractivity (Wildman–Crippen MR) is 111 cm³/mol. The molecule has 0 atom stereocenters. The third kappa shape index (κ3) is 4.22. The number of rotatable bonds is 4. The minimum absolute atomic E-state index is 0.0540. The number of carbonyl (C=O) groups excluding carboxylic acids is 1. The van der Waals surface area contributed by atoms with Crippen molar-refractivity contribution in [2.24, 2.45) is 0 Å². The first-order valence-corrected chi connectivity index (χ1v) is 10.8. The fourth-order valence-corrected chi connectivity index (χ4v) is 4.74. The first-order chi connectivity index (χ1) is 14.0. The van der Waals surface area contributed by atoms with E-state index in [4.69, 9.17) is 0 Å². The van der Waals surface area contributed by atoms with Crippen LogP contribution in [0.3, 0.4) is 0 Å². The fourth-order valence-electron chi connectivity index (χ4n) is 3.74. The van der Waals surface area contributed by atoms with E-state index in [1.807, 2.05) is 13.8 Å². The smallest absolute Gasteiger partial charge is 0.263 e. The van der Waals surface area contributed by atoms with E-state index in [1.54, 1.807) is 16.8 Å². The molecule has 0 saturated heterocycles. The lowest BCUT2D eigenvalue weighted by Gasteiger charge is -2.15. The number of hydrogen-bond donors (Lipinski definition) is 1. The van der Waals surface area contributed by atoms with Crippen molar-refractivity contribution >= 4 is 17.2 Å². The quantitative estimate of drug-likeness (QED) is 0.635. The number of carbonyl (C=O) groups is 1. The molecule has 3 aromatic rings. The first-order valence-electron chi connectivity index (χ1n) is 10.00. The maximum Gasteiger partial charge on any atom is 0.263 e. The largest absolute Gasteiger partial charge is 0.349 e. The molecule has 1 saturated carbocycles. The van der Waals surface area contributed by atoms with Crippen LogP contribution < -0.4 is 5.32 Å². The van der Waals surface area contributed by atoms with Crippen LogP contribution in [0.5, 0.6) is 0 Å². The standard InChI is InChI=1S/C21H24FN5OS/c1-13-19(20(28)24-16-7-5-3-4-6-8-16)29-21(23-13)18-14(2)27(26-25-18)17-11-9-15(22)10-12-17/h9-12,16H,3-8H2,1-2H3,(H,24,28). The van der Waals surface area contributed by atoms with E-state index in [9.17, 15) is 9.18 Å². The molecule has 1 aliphatic rings. The lowest BCUT2D eigenvalue weighted by molar-refractivity contribution is 0.0936. The molecule has 4 rings (SSSR count). The van der Waals surface area contributed by atoms with Gasteiger partial charge in [0.2, 0.25) is 0 Å². The van der Waals surface area contributed by atoms with Crippen molar-refractivity contribution in [2.75, 3.05) is 0 Å². The second-order valence-corrected chi connectivity index (χ2v) is 8.51. The molecule has 6 nitrogen and oxygen atoms in total. The second-order valence-electron chi connectivity index (χ2n) is 7.51. The predicted octanol–water partition coefficient (Wildman–Crippen LogP) is 4.60. The summed E-state index contributed by atoms with van der Waals surface area (Å²) in [6.45, 7) is 3.74. The Morgan fingerprint density at radius 1 is 1.14 bits per heavy atom. The Bertz CT molecular complexity index is 1000. The molecule has 0 aliphatic heterocycles. The molecule has 152 valence electrons. The Hall–Kier alpha value is -2.61. The zero-order valence-corrected chi connectivity index (χ0v) is 17.4. The first kappa shape index (κ1) is 19.7. The van der Waals surface area contributed by atoms with Crippen LogP contribution in [0.1, 0.15) is 59.6 Å². The minimum Gasteiger partial charge on any atom is -0.349 e. The molecule has 29 heavy (non-hydrogen) atoms. The van der Waals surface area contributed by atoms with Gasteiger partial charge in [-0.25, -0.2) is 14.1 Å². The summed E-state index contributed by atoms with van der Waals surface area (Å²) in [6.07, 6.45) is 6.93. The van der Waals surface area contributed by atoms with Crippen molar-refractivity contribution in [3.05, 3.63) is 46.3 Å². The van der Waals surface area contributed by atoms with Crippen molar-refractivity contribution in [1.82, 2.24) is 25.3 Å². The van der Waals surface area contributed by atoms with E-state index in [2.05, 4.69) is 20.6 Å². The lowest BCUT2D eigenvalue weighted by atomic mass is 10.1. The van der Waals surface area contributed by atoms with Gasteiger partial charge in [-0.3, -0.25) is 4.79 Å². The Labute approximate surface area is 173 Å². The molecule has 2 heterocycles. The molecule has 1 amide bonds. The zero-order chi connectivity index (χ0) is 20.4. The van der Waals surface area contributed by atoms with E-state index in [0.29, 0.717) is 21.3 Å². The number of thiazole rings is 1. The van der Waals surface area contributed by atoms with E-state index in [0.717, 1.165) is 24.2 Å². The monoisotopic (exact) mass is 413 g/mol. The summed E-state index contributed by atoms with van der Waals surface area (Å²) >= 11 is 1.34. The normalized spacial score (nSPS) is 15.3. The molecule has 2 aromatic heterocycles. The zero-order valence-electron chi connectivity index (χ0n) is 16.6. The van der Waals surface area contributed by atoms with Gasteiger partial charge in [0.15, 0.2) is 0 Å². The van der Waals surface area contributed by atoms with Crippen LogP contribution in [-0.2, 0) is 0 Å². The number of nitrogens with one attached hydrogen (secondary N) is 1. The van der Waals surface area contributed by atoms with Crippen LogP contribution in [0.25, 0.3) is 16.4 Å². The number of aryl methyl sites for hydroxylation is 1. The van der Waals surface area contributed by atoms with Crippen molar-refractivity contribution in [3.63, 3.8) is 0 Å². The molecular weight excluding hydrogens is 389 g/mol. The van der Waals surface area contributed by atoms with Gasteiger partial charge >= 0.3 is 0 Å². The molecule has 1 aliphatic carbocycles. The van der Waals surface area contributed by atoms with Gasteiger partial charge in [0.05, 0.1) is 17.1 Å². The maximum absolute atomic E-state index is 13.2.